The van der Waals surface area contributed by atoms with Gasteiger partial charge in [0, 0.05) is 22.3 Å². The molecule has 2 aromatic carbocycles. The number of allylic oxidation sites excluding steroid dienone is 2. The van der Waals surface area contributed by atoms with Crippen LogP contribution in [0.3, 0.4) is 0 Å². The van der Waals surface area contributed by atoms with Gasteiger partial charge in [0.25, 0.3) is 5.91 Å². The third-order valence-corrected chi connectivity index (χ3v) is 4.79. The normalized spacial score (nSPS) is 12.4. The van der Waals surface area contributed by atoms with Crippen LogP contribution in [0.1, 0.15) is 25.1 Å². The Labute approximate surface area is 181 Å². The summed E-state index contributed by atoms with van der Waals surface area (Å²) in [6.07, 6.45) is 0.0796. The zero-order valence-corrected chi connectivity index (χ0v) is 17.9. The second-order valence-electron chi connectivity index (χ2n) is 7.25. The lowest BCUT2D eigenvalue weighted by Crippen LogP contribution is -2.32. The van der Waals surface area contributed by atoms with E-state index in [1.807, 2.05) is 61.5 Å². The molecule has 1 heterocycles. The Bertz CT molecular complexity index is 1160. The fraction of sp³-hybridized carbons (Fsp3) is 0.208. The number of esters is 1. The second-order valence-corrected chi connectivity index (χ2v) is 7.25. The van der Waals surface area contributed by atoms with Crippen molar-refractivity contribution in [1.29, 1.82) is 0 Å². The highest BCUT2D eigenvalue weighted by atomic mass is 16.5. The summed E-state index contributed by atoms with van der Waals surface area (Å²) in [5.41, 5.74) is 10.8. The molecule has 0 radical (unpaired) electrons. The van der Waals surface area contributed by atoms with E-state index in [1.165, 1.54) is 0 Å². The lowest BCUT2D eigenvalue weighted by Gasteiger charge is -2.12. The van der Waals surface area contributed by atoms with Gasteiger partial charge in [0.05, 0.1) is 23.5 Å². The van der Waals surface area contributed by atoms with Crippen LogP contribution in [0.25, 0.3) is 10.9 Å². The first-order chi connectivity index (χ1) is 14.8. The molecule has 0 fully saturated rings. The Balaban J connectivity index is 1.60. The number of H-pyrrole nitrogens is 1. The van der Waals surface area contributed by atoms with Crippen LogP contribution in [0.5, 0.6) is 0 Å². The standard InChI is InChI=1S/C24H26N4O3/c1-15(25)24(17(3)26-18-9-5-4-6-10-18)28-22(29)14-31-23(30)13-20-16(2)27-21-12-8-7-11-19(20)21/h4-12,27H,13-14,25H2,1-3H3,(H,28,29). The first-order valence-corrected chi connectivity index (χ1v) is 9.94. The highest BCUT2D eigenvalue weighted by molar-refractivity contribution is 6.03. The molecule has 0 unspecified atom stereocenters. The molecular formula is C24H26N4O3. The fourth-order valence-corrected chi connectivity index (χ4v) is 3.31. The van der Waals surface area contributed by atoms with Crippen LogP contribution in [0, 0.1) is 6.92 Å². The van der Waals surface area contributed by atoms with E-state index >= 15 is 0 Å². The van der Waals surface area contributed by atoms with Gasteiger partial charge in [0.1, 0.15) is 0 Å². The number of nitrogens with two attached hydrogens (primary N) is 1. The van der Waals surface area contributed by atoms with E-state index in [0.29, 0.717) is 17.1 Å². The van der Waals surface area contributed by atoms with Crippen molar-refractivity contribution in [2.75, 3.05) is 6.61 Å². The molecule has 0 aliphatic rings. The van der Waals surface area contributed by atoms with Crippen molar-refractivity contribution < 1.29 is 14.3 Å². The number of hydrogen-bond donors (Lipinski definition) is 3. The molecule has 1 aromatic heterocycles. The monoisotopic (exact) mass is 418 g/mol. The van der Waals surface area contributed by atoms with Crippen molar-refractivity contribution in [1.82, 2.24) is 10.3 Å². The Morgan fingerprint density at radius 3 is 2.45 bits per heavy atom. The highest BCUT2D eigenvalue weighted by Crippen LogP contribution is 2.22. The SMILES string of the molecule is CC(=Nc1ccccc1)C(NC(=O)COC(=O)Cc1c(C)[nH]c2ccccc12)=C(C)N. The van der Waals surface area contributed by atoms with Gasteiger partial charge in [-0.1, -0.05) is 36.4 Å². The van der Waals surface area contributed by atoms with Crippen molar-refractivity contribution in [3.05, 3.63) is 77.2 Å². The predicted molar refractivity (Wildman–Crippen MR) is 122 cm³/mol. The maximum absolute atomic E-state index is 12.4. The van der Waals surface area contributed by atoms with Crippen LogP contribution in [0.4, 0.5) is 5.69 Å². The molecule has 3 aromatic rings. The first-order valence-electron chi connectivity index (χ1n) is 9.94. The van der Waals surface area contributed by atoms with Crippen LogP contribution in [-0.4, -0.2) is 29.2 Å². The van der Waals surface area contributed by atoms with Crippen molar-refractivity contribution in [2.24, 2.45) is 10.7 Å². The van der Waals surface area contributed by atoms with Crippen molar-refractivity contribution in [3.63, 3.8) is 0 Å². The number of carbonyl (C=O) groups is 2. The van der Waals surface area contributed by atoms with Gasteiger partial charge in [-0.15, -0.1) is 0 Å². The van der Waals surface area contributed by atoms with Crippen LogP contribution in [-0.2, 0) is 20.7 Å². The van der Waals surface area contributed by atoms with Gasteiger partial charge in [0.15, 0.2) is 6.61 Å². The van der Waals surface area contributed by atoms with Crippen LogP contribution < -0.4 is 11.1 Å². The molecule has 3 rings (SSSR count). The molecule has 160 valence electrons. The number of aryl methyl sites for hydroxylation is 1. The second kappa shape index (κ2) is 9.75. The van der Waals surface area contributed by atoms with Gasteiger partial charge >= 0.3 is 5.97 Å². The Hall–Kier alpha value is -3.87. The number of carbonyl (C=O) groups excluding carboxylic acids is 2. The van der Waals surface area contributed by atoms with Gasteiger partial charge in [-0.05, 0) is 44.5 Å². The average Bonchev–Trinajstić information content (AvgIpc) is 3.06. The number of nitrogens with one attached hydrogen (secondary N) is 2. The Morgan fingerprint density at radius 1 is 1.06 bits per heavy atom. The highest BCUT2D eigenvalue weighted by Gasteiger charge is 2.16. The van der Waals surface area contributed by atoms with Crippen LogP contribution in [0.2, 0.25) is 0 Å². The zero-order chi connectivity index (χ0) is 22.4. The number of amides is 1. The maximum Gasteiger partial charge on any atom is 0.310 e. The number of aromatic amines is 1. The number of rotatable bonds is 7. The molecule has 4 N–H and O–H groups in total. The summed E-state index contributed by atoms with van der Waals surface area (Å²) in [7, 11) is 0. The Kier molecular flexibility index (Phi) is 6.87. The summed E-state index contributed by atoms with van der Waals surface area (Å²) in [6, 6.07) is 17.1. The summed E-state index contributed by atoms with van der Waals surface area (Å²) in [5.74, 6) is -0.959. The minimum Gasteiger partial charge on any atom is -0.455 e. The number of aromatic nitrogens is 1. The number of hydrogen-bond acceptors (Lipinski definition) is 5. The molecule has 31 heavy (non-hydrogen) atoms. The van der Waals surface area contributed by atoms with Crippen molar-refractivity contribution in [3.8, 4) is 0 Å². The van der Waals surface area contributed by atoms with E-state index in [4.69, 9.17) is 10.5 Å². The van der Waals surface area contributed by atoms with E-state index in [0.717, 1.165) is 27.8 Å². The van der Waals surface area contributed by atoms with Crippen molar-refractivity contribution >= 4 is 34.2 Å². The molecule has 0 aliphatic carbocycles. The third kappa shape index (κ3) is 5.60. The summed E-state index contributed by atoms with van der Waals surface area (Å²) in [6.45, 7) is 4.93. The molecule has 0 spiro atoms. The van der Waals surface area contributed by atoms with E-state index in [2.05, 4.69) is 15.3 Å². The third-order valence-electron chi connectivity index (χ3n) is 4.79. The largest absolute Gasteiger partial charge is 0.455 e. The van der Waals surface area contributed by atoms with Gasteiger partial charge in [0.2, 0.25) is 0 Å². The fourth-order valence-electron chi connectivity index (χ4n) is 3.31. The van der Waals surface area contributed by atoms with Crippen molar-refractivity contribution in [2.45, 2.75) is 27.2 Å². The zero-order valence-electron chi connectivity index (χ0n) is 17.9. The van der Waals surface area contributed by atoms with Gasteiger partial charge in [-0.3, -0.25) is 14.6 Å². The molecule has 1 amide bonds. The minimum atomic E-state index is -0.480. The van der Waals surface area contributed by atoms with Gasteiger partial charge in [-0.25, -0.2) is 0 Å². The molecule has 7 heteroatoms. The van der Waals surface area contributed by atoms with E-state index in [-0.39, 0.29) is 6.42 Å². The molecule has 0 saturated heterocycles. The molecule has 0 saturated carbocycles. The number of benzene rings is 2. The summed E-state index contributed by atoms with van der Waals surface area (Å²) in [4.78, 5) is 32.4. The average molecular weight is 418 g/mol. The quantitative estimate of drug-likeness (QED) is 0.402. The van der Waals surface area contributed by atoms with E-state index in [1.54, 1.807) is 13.8 Å². The lowest BCUT2D eigenvalue weighted by atomic mass is 10.1. The van der Waals surface area contributed by atoms with Crippen LogP contribution >= 0.6 is 0 Å². The number of fused-ring (bicyclic) bond motifs is 1. The smallest absolute Gasteiger partial charge is 0.310 e. The maximum atomic E-state index is 12.4. The lowest BCUT2D eigenvalue weighted by molar-refractivity contribution is -0.147. The molecule has 0 aliphatic heterocycles. The first kappa shape index (κ1) is 21.8. The predicted octanol–water partition coefficient (Wildman–Crippen LogP) is 3.66. The molecule has 7 nitrogen and oxygen atoms in total. The summed E-state index contributed by atoms with van der Waals surface area (Å²) >= 11 is 0. The Morgan fingerprint density at radius 2 is 1.74 bits per heavy atom. The summed E-state index contributed by atoms with van der Waals surface area (Å²) in [5, 5.41) is 3.66. The van der Waals surface area contributed by atoms with E-state index in [9.17, 15) is 9.59 Å². The van der Waals surface area contributed by atoms with Gasteiger partial charge < -0.3 is 20.8 Å². The molecular weight excluding hydrogens is 392 g/mol. The summed E-state index contributed by atoms with van der Waals surface area (Å²) < 4.78 is 5.19. The minimum absolute atomic E-state index is 0.0796. The number of ether oxygens (including phenoxy) is 1. The molecule has 0 atom stereocenters. The van der Waals surface area contributed by atoms with Gasteiger partial charge in [-0.2, -0.15) is 0 Å². The number of para-hydroxylation sites is 2. The van der Waals surface area contributed by atoms with Crippen LogP contribution in [0.15, 0.2) is 71.0 Å². The van der Waals surface area contributed by atoms with E-state index < -0.39 is 18.5 Å². The number of aliphatic imine (C=N–C) groups is 1. The molecule has 0 bridgehead atoms. The number of nitrogens with zero attached hydrogens (tertiary/aromatic N) is 1. The topological polar surface area (TPSA) is 110 Å².